The topological polar surface area (TPSA) is 24.9 Å². The fourth-order valence-electron chi connectivity index (χ4n) is 2.27. The summed E-state index contributed by atoms with van der Waals surface area (Å²) >= 11 is 1.67. The molecule has 0 radical (unpaired) electrons. The van der Waals surface area contributed by atoms with Crippen LogP contribution in [0.3, 0.4) is 0 Å². The van der Waals surface area contributed by atoms with Crippen molar-refractivity contribution >= 4 is 16.5 Å². The Hall–Kier alpha value is -1.42. The van der Waals surface area contributed by atoms with Gasteiger partial charge in [-0.05, 0) is 37.0 Å². The van der Waals surface area contributed by atoms with E-state index in [2.05, 4.69) is 10.3 Å². The lowest BCUT2D eigenvalue weighted by Crippen LogP contribution is -1.91. The number of halogens is 1. The number of rotatable bonds is 1. The minimum Gasteiger partial charge on any atom is -0.365 e. The number of nitrogens with one attached hydrogen (secondary N) is 1. The van der Waals surface area contributed by atoms with Crippen LogP contribution >= 0.6 is 11.3 Å². The molecule has 0 spiro atoms. The van der Waals surface area contributed by atoms with Gasteiger partial charge in [0.1, 0.15) is 5.82 Å². The summed E-state index contributed by atoms with van der Waals surface area (Å²) in [6, 6.07) is 5.03. The highest BCUT2D eigenvalue weighted by Gasteiger charge is 2.19. The predicted molar refractivity (Wildman–Crippen MR) is 69.1 cm³/mol. The lowest BCUT2D eigenvalue weighted by molar-refractivity contribution is 0.627. The second-order valence-electron chi connectivity index (χ2n) is 4.20. The van der Waals surface area contributed by atoms with E-state index in [1.54, 1.807) is 17.4 Å². The molecule has 1 aliphatic rings. The molecule has 0 saturated heterocycles. The van der Waals surface area contributed by atoms with Crippen LogP contribution in [0.25, 0.3) is 11.3 Å². The van der Waals surface area contributed by atoms with Crippen LogP contribution in [0.2, 0.25) is 0 Å². The molecular formula is C13H13FN2S. The summed E-state index contributed by atoms with van der Waals surface area (Å²) in [7, 11) is 1.87. The van der Waals surface area contributed by atoms with Gasteiger partial charge < -0.3 is 5.32 Å². The van der Waals surface area contributed by atoms with Gasteiger partial charge >= 0.3 is 0 Å². The van der Waals surface area contributed by atoms with Crippen molar-refractivity contribution in [3.05, 3.63) is 34.5 Å². The lowest BCUT2D eigenvalue weighted by Gasteiger charge is -2.04. The summed E-state index contributed by atoms with van der Waals surface area (Å²) in [6.07, 6.45) is 3.15. The second-order valence-corrected chi connectivity index (χ2v) is 5.28. The van der Waals surface area contributed by atoms with Gasteiger partial charge in [-0.15, -0.1) is 11.3 Å². The van der Waals surface area contributed by atoms with Gasteiger partial charge in [0.25, 0.3) is 0 Å². The number of anilines is 1. The molecule has 0 atom stereocenters. The van der Waals surface area contributed by atoms with Crippen molar-refractivity contribution in [2.24, 2.45) is 0 Å². The van der Waals surface area contributed by atoms with Gasteiger partial charge in [0.05, 0.1) is 5.69 Å². The zero-order valence-electron chi connectivity index (χ0n) is 9.59. The maximum Gasteiger partial charge on any atom is 0.183 e. The summed E-state index contributed by atoms with van der Waals surface area (Å²) in [5, 5.41) is 3.97. The molecule has 0 unspecified atom stereocenters. The van der Waals surface area contributed by atoms with Crippen molar-refractivity contribution in [2.75, 3.05) is 12.4 Å². The van der Waals surface area contributed by atoms with Crippen molar-refractivity contribution in [2.45, 2.75) is 19.3 Å². The largest absolute Gasteiger partial charge is 0.365 e. The van der Waals surface area contributed by atoms with E-state index < -0.39 is 0 Å². The summed E-state index contributed by atoms with van der Waals surface area (Å²) in [6.45, 7) is 0. The SMILES string of the molecule is CNc1nc2c(s1)CCCc1ccc(F)cc1-2. The predicted octanol–water partition coefficient (Wildman–Crippen LogP) is 3.48. The molecule has 2 aromatic rings. The van der Waals surface area contributed by atoms with E-state index >= 15 is 0 Å². The van der Waals surface area contributed by atoms with E-state index in [1.807, 2.05) is 13.1 Å². The summed E-state index contributed by atoms with van der Waals surface area (Å²) in [4.78, 5) is 5.82. The highest BCUT2D eigenvalue weighted by Crippen LogP contribution is 2.37. The van der Waals surface area contributed by atoms with E-state index in [0.717, 1.165) is 35.7 Å². The van der Waals surface area contributed by atoms with Crippen LogP contribution < -0.4 is 5.32 Å². The maximum absolute atomic E-state index is 13.4. The molecule has 4 heteroatoms. The Bertz CT molecular complexity index is 563. The van der Waals surface area contributed by atoms with Crippen molar-refractivity contribution < 1.29 is 4.39 Å². The lowest BCUT2D eigenvalue weighted by atomic mass is 10.0. The molecule has 3 rings (SSSR count). The molecule has 1 aliphatic carbocycles. The maximum atomic E-state index is 13.4. The first kappa shape index (κ1) is 10.7. The molecule has 2 nitrogen and oxygen atoms in total. The Balaban J connectivity index is 2.21. The first-order valence-corrected chi connectivity index (χ1v) is 6.56. The van der Waals surface area contributed by atoms with Crippen LogP contribution in [0.5, 0.6) is 0 Å². The van der Waals surface area contributed by atoms with Crippen molar-refractivity contribution in [3.63, 3.8) is 0 Å². The Morgan fingerprint density at radius 3 is 3.06 bits per heavy atom. The Labute approximate surface area is 104 Å². The Morgan fingerprint density at radius 1 is 1.35 bits per heavy atom. The number of aryl methyl sites for hydroxylation is 2. The van der Waals surface area contributed by atoms with E-state index in [4.69, 9.17) is 0 Å². The molecule has 1 N–H and O–H groups in total. The highest BCUT2D eigenvalue weighted by atomic mass is 32.1. The van der Waals surface area contributed by atoms with Crippen molar-refractivity contribution in [3.8, 4) is 11.3 Å². The standard InChI is InChI=1S/C13H13FN2S/c1-15-13-16-12-10-7-9(14)6-5-8(10)3-2-4-11(12)17-13/h5-7H,2-4H2,1H3,(H,15,16). The first-order chi connectivity index (χ1) is 8.28. The summed E-state index contributed by atoms with van der Waals surface area (Å²) in [5.74, 6) is -0.185. The molecule has 88 valence electrons. The van der Waals surface area contributed by atoms with Gasteiger partial charge in [-0.2, -0.15) is 0 Å². The Morgan fingerprint density at radius 2 is 2.24 bits per heavy atom. The van der Waals surface area contributed by atoms with Gasteiger partial charge in [-0.1, -0.05) is 6.07 Å². The molecule has 0 saturated carbocycles. The normalized spacial score (nSPS) is 13.8. The number of benzene rings is 1. The van der Waals surface area contributed by atoms with Crippen LogP contribution in [0, 0.1) is 5.82 Å². The van der Waals surface area contributed by atoms with Crippen molar-refractivity contribution in [1.82, 2.24) is 4.98 Å². The molecule has 0 bridgehead atoms. The van der Waals surface area contributed by atoms with E-state index in [-0.39, 0.29) is 5.82 Å². The molecule has 0 aliphatic heterocycles. The monoisotopic (exact) mass is 248 g/mol. The first-order valence-electron chi connectivity index (χ1n) is 5.74. The fourth-order valence-corrected chi connectivity index (χ4v) is 3.24. The second kappa shape index (κ2) is 4.11. The third kappa shape index (κ3) is 1.82. The number of fused-ring (bicyclic) bond motifs is 3. The van der Waals surface area contributed by atoms with Crippen molar-refractivity contribution in [1.29, 1.82) is 0 Å². The number of aromatic nitrogens is 1. The number of nitrogens with zero attached hydrogens (tertiary/aromatic N) is 1. The van der Waals surface area contributed by atoms with E-state index in [0.29, 0.717) is 0 Å². The smallest absolute Gasteiger partial charge is 0.183 e. The third-order valence-corrected chi connectivity index (χ3v) is 4.22. The molecule has 1 heterocycles. The molecular weight excluding hydrogens is 235 g/mol. The highest BCUT2D eigenvalue weighted by molar-refractivity contribution is 7.16. The van der Waals surface area contributed by atoms with Gasteiger partial charge in [0.15, 0.2) is 5.13 Å². The minimum atomic E-state index is -0.185. The number of thiazole rings is 1. The number of hydrogen-bond acceptors (Lipinski definition) is 3. The molecule has 0 amide bonds. The van der Waals surface area contributed by atoms with E-state index in [1.165, 1.54) is 16.5 Å². The average molecular weight is 248 g/mol. The molecule has 1 aromatic carbocycles. The van der Waals surface area contributed by atoms with Crippen LogP contribution in [0.15, 0.2) is 18.2 Å². The molecule has 17 heavy (non-hydrogen) atoms. The summed E-state index contributed by atoms with van der Waals surface area (Å²) in [5.41, 5.74) is 3.14. The quantitative estimate of drug-likeness (QED) is 0.835. The van der Waals surface area contributed by atoms with Gasteiger partial charge in [0.2, 0.25) is 0 Å². The minimum absolute atomic E-state index is 0.185. The third-order valence-electron chi connectivity index (χ3n) is 3.09. The average Bonchev–Trinajstić information content (AvgIpc) is 2.67. The van der Waals surface area contributed by atoms with Crippen LogP contribution in [-0.2, 0) is 12.8 Å². The van der Waals surface area contributed by atoms with Crippen LogP contribution in [-0.4, -0.2) is 12.0 Å². The van der Waals surface area contributed by atoms with Crippen LogP contribution in [0.4, 0.5) is 9.52 Å². The zero-order valence-corrected chi connectivity index (χ0v) is 10.4. The van der Waals surface area contributed by atoms with E-state index in [9.17, 15) is 4.39 Å². The fraction of sp³-hybridized carbons (Fsp3) is 0.308. The molecule has 0 fully saturated rings. The number of hydrogen-bond donors (Lipinski definition) is 1. The summed E-state index contributed by atoms with van der Waals surface area (Å²) < 4.78 is 13.4. The zero-order chi connectivity index (χ0) is 11.8. The van der Waals surface area contributed by atoms with Gasteiger partial charge in [-0.3, -0.25) is 0 Å². The van der Waals surface area contributed by atoms with Gasteiger partial charge in [-0.25, -0.2) is 9.37 Å². The van der Waals surface area contributed by atoms with Crippen LogP contribution in [0.1, 0.15) is 16.9 Å². The van der Waals surface area contributed by atoms with Gasteiger partial charge in [0, 0.05) is 17.5 Å². The Kier molecular flexibility index (Phi) is 2.59. The molecule has 1 aromatic heterocycles.